The van der Waals surface area contributed by atoms with E-state index in [4.69, 9.17) is 5.73 Å². The Morgan fingerprint density at radius 3 is 2.38 bits per heavy atom. The Balaban J connectivity index is 2.10. The van der Waals surface area contributed by atoms with Crippen LogP contribution in [-0.2, 0) is 4.79 Å². The molecular formula is C18H20N4O4. The van der Waals surface area contributed by atoms with Crippen LogP contribution in [0.1, 0.15) is 21.5 Å². The van der Waals surface area contributed by atoms with Crippen LogP contribution in [0, 0.1) is 24.0 Å². The number of amides is 2. The first-order valence-corrected chi connectivity index (χ1v) is 7.86. The molecule has 0 aliphatic heterocycles. The summed E-state index contributed by atoms with van der Waals surface area (Å²) < 4.78 is 0. The van der Waals surface area contributed by atoms with E-state index in [2.05, 4.69) is 5.32 Å². The van der Waals surface area contributed by atoms with Crippen LogP contribution in [0.25, 0.3) is 0 Å². The van der Waals surface area contributed by atoms with Gasteiger partial charge >= 0.3 is 0 Å². The molecule has 2 aromatic carbocycles. The third-order valence-corrected chi connectivity index (χ3v) is 3.95. The SMILES string of the molecule is Cc1cccc(C)c1NC(=O)CN(C)C(=O)c1ccc(N)c([N+](=O)[O-])c1. The van der Waals surface area contributed by atoms with Gasteiger partial charge in [0.05, 0.1) is 11.5 Å². The van der Waals surface area contributed by atoms with Gasteiger partial charge in [0.15, 0.2) is 0 Å². The number of hydrogen-bond acceptors (Lipinski definition) is 5. The van der Waals surface area contributed by atoms with Crippen molar-refractivity contribution in [1.29, 1.82) is 0 Å². The number of likely N-dealkylation sites (N-methyl/N-ethyl adjacent to an activating group) is 1. The van der Waals surface area contributed by atoms with Crippen LogP contribution in [0.3, 0.4) is 0 Å². The fraction of sp³-hybridized carbons (Fsp3) is 0.222. The second-order valence-corrected chi connectivity index (χ2v) is 6.01. The predicted octanol–water partition coefficient (Wildman–Crippen LogP) is 2.50. The van der Waals surface area contributed by atoms with Gasteiger partial charge in [-0.1, -0.05) is 18.2 Å². The summed E-state index contributed by atoms with van der Waals surface area (Å²) in [6, 6.07) is 9.46. The maximum atomic E-state index is 12.4. The largest absolute Gasteiger partial charge is 0.393 e. The van der Waals surface area contributed by atoms with E-state index in [1.807, 2.05) is 32.0 Å². The van der Waals surface area contributed by atoms with E-state index in [-0.39, 0.29) is 29.4 Å². The first-order valence-electron chi connectivity index (χ1n) is 7.86. The number of benzene rings is 2. The van der Waals surface area contributed by atoms with E-state index in [1.54, 1.807) is 0 Å². The second-order valence-electron chi connectivity index (χ2n) is 6.01. The zero-order valence-corrected chi connectivity index (χ0v) is 14.8. The van der Waals surface area contributed by atoms with Crippen LogP contribution in [-0.4, -0.2) is 35.2 Å². The van der Waals surface area contributed by atoms with Crippen LogP contribution in [0.15, 0.2) is 36.4 Å². The van der Waals surface area contributed by atoms with Gasteiger partial charge < -0.3 is 16.0 Å². The number of nitro benzene ring substituents is 1. The molecule has 0 aromatic heterocycles. The van der Waals surface area contributed by atoms with Crippen molar-refractivity contribution in [2.45, 2.75) is 13.8 Å². The molecule has 0 aliphatic carbocycles. The lowest BCUT2D eigenvalue weighted by Gasteiger charge is -2.18. The molecule has 8 nitrogen and oxygen atoms in total. The lowest BCUT2D eigenvalue weighted by Crippen LogP contribution is -2.35. The number of anilines is 2. The molecule has 0 bridgehead atoms. The summed E-state index contributed by atoms with van der Waals surface area (Å²) in [6.07, 6.45) is 0. The first kappa shape index (κ1) is 18.9. The number of rotatable bonds is 5. The summed E-state index contributed by atoms with van der Waals surface area (Å²) in [4.78, 5) is 36.2. The van der Waals surface area contributed by atoms with Gasteiger partial charge in [-0.05, 0) is 37.1 Å². The van der Waals surface area contributed by atoms with Crippen LogP contribution in [0.2, 0.25) is 0 Å². The molecule has 2 amide bonds. The molecule has 0 spiro atoms. The highest BCUT2D eigenvalue weighted by Gasteiger charge is 2.20. The maximum Gasteiger partial charge on any atom is 0.292 e. The normalized spacial score (nSPS) is 10.3. The molecule has 0 fully saturated rings. The molecule has 0 aliphatic rings. The van der Waals surface area contributed by atoms with Crippen molar-refractivity contribution in [3.8, 4) is 0 Å². The standard InChI is InChI=1S/C18H20N4O4/c1-11-5-4-6-12(2)17(11)20-16(23)10-21(3)18(24)13-7-8-14(19)15(9-13)22(25)26/h4-9H,10,19H2,1-3H3,(H,20,23). The van der Waals surface area contributed by atoms with Gasteiger partial charge in [0.1, 0.15) is 5.69 Å². The lowest BCUT2D eigenvalue weighted by atomic mass is 10.1. The van der Waals surface area contributed by atoms with Gasteiger partial charge in [-0.25, -0.2) is 0 Å². The highest BCUT2D eigenvalue weighted by atomic mass is 16.6. The third kappa shape index (κ3) is 4.15. The summed E-state index contributed by atoms with van der Waals surface area (Å²) in [5, 5.41) is 13.7. The number of nitrogen functional groups attached to an aromatic ring is 1. The molecule has 3 N–H and O–H groups in total. The van der Waals surface area contributed by atoms with Gasteiger partial charge in [-0.3, -0.25) is 19.7 Å². The number of aryl methyl sites for hydroxylation is 2. The summed E-state index contributed by atoms with van der Waals surface area (Å²) in [5.41, 5.74) is 7.80. The van der Waals surface area contributed by atoms with E-state index in [0.717, 1.165) is 17.2 Å². The Labute approximate surface area is 150 Å². The van der Waals surface area contributed by atoms with Crippen molar-refractivity contribution in [2.24, 2.45) is 0 Å². The number of nitrogens with two attached hydrogens (primary N) is 1. The van der Waals surface area contributed by atoms with Crippen molar-refractivity contribution >= 4 is 28.9 Å². The van der Waals surface area contributed by atoms with Crippen LogP contribution in [0.5, 0.6) is 0 Å². The second kappa shape index (κ2) is 7.64. The van der Waals surface area contributed by atoms with Crippen molar-refractivity contribution in [3.05, 3.63) is 63.2 Å². The predicted molar refractivity (Wildman–Crippen MR) is 99.0 cm³/mol. The van der Waals surface area contributed by atoms with E-state index in [0.29, 0.717) is 5.69 Å². The van der Waals surface area contributed by atoms with Crippen LogP contribution < -0.4 is 11.1 Å². The van der Waals surface area contributed by atoms with Gasteiger partial charge in [0, 0.05) is 24.4 Å². The van der Waals surface area contributed by atoms with Gasteiger partial charge in [0.2, 0.25) is 5.91 Å². The molecule has 0 unspecified atom stereocenters. The van der Waals surface area contributed by atoms with Crippen molar-refractivity contribution in [1.82, 2.24) is 4.90 Å². The third-order valence-electron chi connectivity index (χ3n) is 3.95. The molecule has 0 radical (unpaired) electrons. The van der Waals surface area contributed by atoms with E-state index < -0.39 is 10.8 Å². The number of para-hydroxylation sites is 1. The summed E-state index contributed by atoms with van der Waals surface area (Å²) in [5.74, 6) is -0.868. The number of carbonyl (C=O) groups is 2. The van der Waals surface area contributed by atoms with E-state index in [1.165, 1.54) is 24.1 Å². The molecule has 0 atom stereocenters. The monoisotopic (exact) mass is 356 g/mol. The zero-order valence-electron chi connectivity index (χ0n) is 14.8. The maximum absolute atomic E-state index is 12.4. The molecule has 8 heteroatoms. The van der Waals surface area contributed by atoms with Gasteiger partial charge in [-0.15, -0.1) is 0 Å². The minimum absolute atomic E-state index is 0.0259. The highest BCUT2D eigenvalue weighted by Crippen LogP contribution is 2.23. The Hall–Kier alpha value is -3.42. The summed E-state index contributed by atoms with van der Waals surface area (Å²) in [7, 11) is 1.45. The zero-order chi connectivity index (χ0) is 19.4. The van der Waals surface area contributed by atoms with Crippen LogP contribution >= 0.6 is 0 Å². The minimum atomic E-state index is -0.653. The summed E-state index contributed by atoms with van der Waals surface area (Å²) >= 11 is 0. The number of nitro groups is 1. The average Bonchev–Trinajstić information content (AvgIpc) is 2.57. The molecular weight excluding hydrogens is 336 g/mol. The topological polar surface area (TPSA) is 119 Å². The number of hydrogen-bond donors (Lipinski definition) is 2. The number of nitrogens with zero attached hydrogens (tertiary/aromatic N) is 2. The molecule has 2 rings (SSSR count). The lowest BCUT2D eigenvalue weighted by molar-refractivity contribution is -0.383. The fourth-order valence-electron chi connectivity index (χ4n) is 2.53. The quantitative estimate of drug-likeness (QED) is 0.485. The van der Waals surface area contributed by atoms with Crippen LogP contribution in [0.4, 0.5) is 17.1 Å². The van der Waals surface area contributed by atoms with E-state index in [9.17, 15) is 19.7 Å². The molecule has 0 saturated carbocycles. The Bertz CT molecular complexity index is 859. The molecule has 0 saturated heterocycles. The van der Waals surface area contributed by atoms with Gasteiger partial charge in [0.25, 0.3) is 11.6 Å². The minimum Gasteiger partial charge on any atom is -0.393 e. The Morgan fingerprint density at radius 1 is 1.19 bits per heavy atom. The molecule has 136 valence electrons. The number of nitrogens with one attached hydrogen (secondary N) is 1. The van der Waals surface area contributed by atoms with E-state index >= 15 is 0 Å². The highest BCUT2D eigenvalue weighted by molar-refractivity contribution is 6.00. The average molecular weight is 356 g/mol. The smallest absolute Gasteiger partial charge is 0.292 e. The molecule has 0 heterocycles. The fourth-order valence-corrected chi connectivity index (χ4v) is 2.53. The van der Waals surface area contributed by atoms with Crippen molar-refractivity contribution in [3.63, 3.8) is 0 Å². The van der Waals surface area contributed by atoms with Crippen molar-refractivity contribution in [2.75, 3.05) is 24.6 Å². The van der Waals surface area contributed by atoms with Crippen molar-refractivity contribution < 1.29 is 14.5 Å². The Morgan fingerprint density at radius 2 is 1.81 bits per heavy atom. The molecule has 2 aromatic rings. The first-order chi connectivity index (χ1) is 12.2. The summed E-state index contributed by atoms with van der Waals surface area (Å²) in [6.45, 7) is 3.57. The Kier molecular flexibility index (Phi) is 5.56. The number of carbonyl (C=O) groups excluding carboxylic acids is 2. The van der Waals surface area contributed by atoms with Gasteiger partial charge in [-0.2, -0.15) is 0 Å². The molecule has 26 heavy (non-hydrogen) atoms.